The number of rotatable bonds is 9. The van der Waals surface area contributed by atoms with Gasteiger partial charge in [-0.2, -0.15) is 13.2 Å². The molecule has 5 aromatic rings. The number of unbranched alkanes of at least 4 members (excludes halogenated alkanes) is 2. The first-order valence-electron chi connectivity index (χ1n) is 14.8. The molecule has 0 saturated carbocycles. The Labute approximate surface area is 251 Å². The minimum absolute atomic E-state index is 0.0976. The maximum absolute atomic E-state index is 13.3. The Hall–Kier alpha value is -4.13. The minimum Gasteiger partial charge on any atom is -0.505 e. The van der Waals surface area contributed by atoms with Crippen molar-refractivity contribution in [3.8, 4) is 22.6 Å². The van der Waals surface area contributed by atoms with E-state index >= 15 is 0 Å². The zero-order chi connectivity index (χ0) is 31.0. The number of fused-ring (bicyclic) bond motifs is 1. The zero-order valence-electron chi connectivity index (χ0n) is 25.3. The number of alkyl halides is 3. The summed E-state index contributed by atoms with van der Waals surface area (Å²) in [6.45, 7) is 10.9. The average Bonchev–Trinajstić information content (AvgIpc) is 3.40. The molecule has 0 bridgehead atoms. The van der Waals surface area contributed by atoms with Gasteiger partial charge in [-0.05, 0) is 64.4 Å². The predicted octanol–water partition coefficient (Wildman–Crippen LogP) is 10.00. The summed E-state index contributed by atoms with van der Waals surface area (Å²) in [4.78, 5) is 1.45. The Morgan fingerprint density at radius 1 is 0.698 bits per heavy atom. The standard InChI is InChI=1S/C36H38F3N3O/c1-6-7-11-19-34(2,3)28-22-29(35(4,5)26-14-9-8-10-15-26)33(43)32(23-28)42-40-30-18-17-25(21-31(30)41-42)24-13-12-16-27(20-24)36(37,38)39/h8-10,12-18,20-23,43H,6-7,11,19H2,1-5H3. The quantitative estimate of drug-likeness (QED) is 0.175. The van der Waals surface area contributed by atoms with Gasteiger partial charge in [0.2, 0.25) is 0 Å². The molecule has 0 saturated heterocycles. The van der Waals surface area contributed by atoms with Crippen molar-refractivity contribution in [2.24, 2.45) is 0 Å². The highest BCUT2D eigenvalue weighted by Gasteiger charge is 2.32. The summed E-state index contributed by atoms with van der Waals surface area (Å²) < 4.78 is 40.0. The molecule has 0 aliphatic carbocycles. The molecule has 4 nitrogen and oxygen atoms in total. The number of phenolic OH excluding ortho intramolecular Hbond substituents is 1. The van der Waals surface area contributed by atoms with Crippen LogP contribution in [-0.2, 0) is 17.0 Å². The molecule has 0 fully saturated rings. The molecular formula is C36H38F3N3O. The van der Waals surface area contributed by atoms with Crippen LogP contribution in [0.5, 0.6) is 5.75 Å². The molecule has 1 aromatic heterocycles. The summed E-state index contributed by atoms with van der Waals surface area (Å²) in [6, 6.07) is 24.7. The first-order chi connectivity index (χ1) is 20.3. The summed E-state index contributed by atoms with van der Waals surface area (Å²) >= 11 is 0. The molecule has 0 unspecified atom stereocenters. The van der Waals surface area contributed by atoms with Crippen molar-refractivity contribution in [1.82, 2.24) is 15.0 Å². The van der Waals surface area contributed by atoms with Crippen LogP contribution in [0.1, 0.15) is 82.6 Å². The van der Waals surface area contributed by atoms with Crippen LogP contribution in [-0.4, -0.2) is 20.1 Å². The highest BCUT2D eigenvalue weighted by molar-refractivity contribution is 5.81. The third kappa shape index (κ3) is 6.17. The maximum atomic E-state index is 13.3. The molecule has 0 amide bonds. The van der Waals surface area contributed by atoms with Gasteiger partial charge in [0, 0.05) is 11.0 Å². The first-order valence-corrected chi connectivity index (χ1v) is 14.8. The second kappa shape index (κ2) is 11.5. The van der Waals surface area contributed by atoms with Crippen molar-refractivity contribution in [2.45, 2.75) is 77.3 Å². The van der Waals surface area contributed by atoms with Crippen LogP contribution in [0, 0.1) is 0 Å². The summed E-state index contributed by atoms with van der Waals surface area (Å²) in [7, 11) is 0. The highest BCUT2D eigenvalue weighted by Crippen LogP contribution is 2.43. The van der Waals surface area contributed by atoms with Crippen LogP contribution in [0.4, 0.5) is 13.2 Å². The predicted molar refractivity (Wildman–Crippen MR) is 167 cm³/mol. The van der Waals surface area contributed by atoms with Crippen molar-refractivity contribution >= 4 is 11.0 Å². The summed E-state index contributed by atoms with van der Waals surface area (Å²) in [5.41, 5.74) is 4.16. The number of aromatic hydroxyl groups is 1. The lowest BCUT2D eigenvalue weighted by atomic mass is 9.73. The second-order valence-corrected chi connectivity index (χ2v) is 12.5. The largest absolute Gasteiger partial charge is 0.505 e. The fraction of sp³-hybridized carbons (Fsp3) is 0.333. The van der Waals surface area contributed by atoms with Gasteiger partial charge in [0.05, 0.1) is 5.56 Å². The van der Waals surface area contributed by atoms with Crippen molar-refractivity contribution < 1.29 is 18.3 Å². The fourth-order valence-corrected chi connectivity index (χ4v) is 5.69. The van der Waals surface area contributed by atoms with Crippen LogP contribution in [0.25, 0.3) is 27.8 Å². The van der Waals surface area contributed by atoms with Gasteiger partial charge in [-0.1, -0.05) is 108 Å². The first kappa shape index (κ1) is 30.3. The van der Waals surface area contributed by atoms with Crippen molar-refractivity contribution in [2.75, 3.05) is 0 Å². The van der Waals surface area contributed by atoms with Gasteiger partial charge in [-0.3, -0.25) is 0 Å². The fourth-order valence-electron chi connectivity index (χ4n) is 5.69. The molecule has 0 aliphatic rings. The smallest absolute Gasteiger partial charge is 0.416 e. The van der Waals surface area contributed by atoms with E-state index in [1.165, 1.54) is 10.9 Å². The average molecular weight is 586 g/mol. The van der Waals surface area contributed by atoms with E-state index in [1.807, 2.05) is 24.3 Å². The Kier molecular flexibility index (Phi) is 8.12. The Morgan fingerprint density at radius 3 is 2.07 bits per heavy atom. The van der Waals surface area contributed by atoms with Gasteiger partial charge in [-0.15, -0.1) is 15.0 Å². The van der Waals surface area contributed by atoms with E-state index in [9.17, 15) is 18.3 Å². The SMILES string of the molecule is CCCCCC(C)(C)c1cc(-n2nc3ccc(-c4cccc(C(F)(F)F)c4)cc3n2)c(O)c(C(C)(C)c2ccccc2)c1. The third-order valence-electron chi connectivity index (χ3n) is 8.56. The Bertz CT molecular complexity index is 1740. The number of halogens is 3. The van der Waals surface area contributed by atoms with Gasteiger partial charge in [0.25, 0.3) is 0 Å². The Balaban J connectivity index is 1.64. The summed E-state index contributed by atoms with van der Waals surface area (Å²) in [5, 5.41) is 21.2. The van der Waals surface area contributed by atoms with E-state index in [0.29, 0.717) is 27.8 Å². The van der Waals surface area contributed by atoms with E-state index in [2.05, 4.69) is 52.8 Å². The van der Waals surface area contributed by atoms with Gasteiger partial charge < -0.3 is 5.11 Å². The van der Waals surface area contributed by atoms with Crippen molar-refractivity contribution in [3.05, 3.63) is 107 Å². The van der Waals surface area contributed by atoms with E-state index in [-0.39, 0.29) is 11.2 Å². The third-order valence-corrected chi connectivity index (χ3v) is 8.56. The van der Waals surface area contributed by atoms with Gasteiger partial charge >= 0.3 is 6.18 Å². The van der Waals surface area contributed by atoms with Crippen LogP contribution in [0.15, 0.2) is 84.9 Å². The van der Waals surface area contributed by atoms with Crippen molar-refractivity contribution in [1.29, 1.82) is 0 Å². The van der Waals surface area contributed by atoms with E-state index in [0.717, 1.165) is 54.5 Å². The van der Waals surface area contributed by atoms with E-state index < -0.39 is 17.2 Å². The lowest BCUT2D eigenvalue weighted by Crippen LogP contribution is -2.23. The van der Waals surface area contributed by atoms with Gasteiger partial charge in [-0.25, -0.2) is 0 Å². The van der Waals surface area contributed by atoms with Crippen LogP contribution < -0.4 is 0 Å². The monoisotopic (exact) mass is 585 g/mol. The Morgan fingerprint density at radius 2 is 1.37 bits per heavy atom. The number of hydrogen-bond donors (Lipinski definition) is 1. The number of hydrogen-bond acceptors (Lipinski definition) is 3. The van der Waals surface area contributed by atoms with E-state index in [1.54, 1.807) is 24.3 Å². The summed E-state index contributed by atoms with van der Waals surface area (Å²) in [6.07, 6.45) is -0.0572. The lowest BCUT2D eigenvalue weighted by Gasteiger charge is -2.32. The molecule has 0 spiro atoms. The van der Waals surface area contributed by atoms with Crippen LogP contribution in [0.2, 0.25) is 0 Å². The molecule has 224 valence electrons. The number of benzene rings is 4. The van der Waals surface area contributed by atoms with E-state index in [4.69, 9.17) is 10.2 Å². The van der Waals surface area contributed by atoms with Crippen LogP contribution >= 0.6 is 0 Å². The lowest BCUT2D eigenvalue weighted by molar-refractivity contribution is -0.137. The maximum Gasteiger partial charge on any atom is 0.416 e. The number of phenols is 1. The minimum atomic E-state index is -4.43. The number of aromatic nitrogens is 3. The topological polar surface area (TPSA) is 50.9 Å². The molecule has 7 heteroatoms. The highest BCUT2D eigenvalue weighted by atomic mass is 19.4. The molecule has 1 N–H and O–H groups in total. The van der Waals surface area contributed by atoms with Gasteiger partial charge in [0.15, 0.2) is 0 Å². The second-order valence-electron chi connectivity index (χ2n) is 12.5. The summed E-state index contributed by atoms with van der Waals surface area (Å²) in [5.74, 6) is 0.0976. The normalized spacial score (nSPS) is 12.7. The molecule has 43 heavy (non-hydrogen) atoms. The molecule has 0 aliphatic heterocycles. The van der Waals surface area contributed by atoms with Crippen molar-refractivity contribution in [3.63, 3.8) is 0 Å². The molecular weight excluding hydrogens is 547 g/mol. The molecule has 1 heterocycles. The molecule has 5 rings (SSSR count). The van der Waals surface area contributed by atoms with Gasteiger partial charge in [0.1, 0.15) is 22.5 Å². The van der Waals surface area contributed by atoms with Crippen LogP contribution in [0.3, 0.4) is 0 Å². The molecule has 0 radical (unpaired) electrons. The zero-order valence-corrected chi connectivity index (χ0v) is 25.3. The molecule has 4 aromatic carbocycles. The molecule has 0 atom stereocenters. The number of nitrogens with zero attached hydrogens (tertiary/aromatic N) is 3.